The number of nitrogens with one attached hydrogen (secondary N) is 2. The summed E-state index contributed by atoms with van der Waals surface area (Å²) in [5.41, 5.74) is 4.28. The zero-order valence-electron chi connectivity index (χ0n) is 17.3. The Labute approximate surface area is 200 Å². The van der Waals surface area contributed by atoms with Gasteiger partial charge in [-0.2, -0.15) is 0 Å². The largest absolute Gasteiger partial charge is 0.469 e. The van der Waals surface area contributed by atoms with E-state index in [-0.39, 0.29) is 10.8 Å². The molecule has 3 rings (SSSR count). The molecule has 15 heteroatoms. The number of nitrogens with zero attached hydrogens (tertiary/aromatic N) is 3. The standard InChI is InChI=1S/C19H18ClF3N6O4S/c20-11-7-12(21)10(13(22)14(11)23)8-32-16-15(33-18(24)30)17(34-28-16)27-19(31)26-3-1-2-5-29-6-4-25-9-29/h4,6-7,9H,1-3,5,8H2,(H2,24,30)(H2,26,27,31). The summed E-state index contributed by atoms with van der Waals surface area (Å²) < 4.78 is 57.4. The van der Waals surface area contributed by atoms with Crippen LogP contribution in [0.2, 0.25) is 5.02 Å². The monoisotopic (exact) mass is 518 g/mol. The lowest BCUT2D eigenvalue weighted by Gasteiger charge is -2.10. The van der Waals surface area contributed by atoms with E-state index in [9.17, 15) is 22.8 Å². The lowest BCUT2D eigenvalue weighted by molar-refractivity contribution is 0.205. The van der Waals surface area contributed by atoms with Crippen LogP contribution >= 0.6 is 23.1 Å². The highest BCUT2D eigenvalue weighted by Gasteiger charge is 2.23. The van der Waals surface area contributed by atoms with Gasteiger partial charge in [-0.1, -0.05) is 11.6 Å². The van der Waals surface area contributed by atoms with Crippen molar-refractivity contribution in [2.75, 3.05) is 11.9 Å². The first-order valence-corrected chi connectivity index (χ1v) is 10.8. The van der Waals surface area contributed by atoms with E-state index < -0.39 is 52.6 Å². The fraction of sp³-hybridized carbons (Fsp3) is 0.263. The summed E-state index contributed by atoms with van der Waals surface area (Å²) in [5, 5.41) is 4.27. The normalized spacial score (nSPS) is 10.7. The Balaban J connectivity index is 1.59. The predicted molar refractivity (Wildman–Crippen MR) is 116 cm³/mol. The van der Waals surface area contributed by atoms with Gasteiger partial charge in [0, 0.05) is 25.5 Å². The molecule has 0 spiro atoms. The van der Waals surface area contributed by atoms with Crippen LogP contribution in [0, 0.1) is 17.5 Å². The summed E-state index contributed by atoms with van der Waals surface area (Å²) in [6, 6.07) is -0.0307. The lowest BCUT2D eigenvalue weighted by Crippen LogP contribution is -2.29. The number of imidazole rings is 1. The number of ether oxygens (including phenoxy) is 2. The number of carbonyl (C=O) groups excluding carboxylic acids is 2. The number of unbranched alkanes of at least 4 members (excludes halogenated alkanes) is 1. The van der Waals surface area contributed by atoms with Crippen LogP contribution in [0.4, 0.5) is 27.8 Å². The number of rotatable bonds is 10. The fourth-order valence-electron chi connectivity index (χ4n) is 2.69. The second-order valence-corrected chi connectivity index (χ2v) is 7.87. The van der Waals surface area contributed by atoms with Gasteiger partial charge in [0.2, 0.25) is 5.75 Å². The molecule has 0 radical (unpaired) electrons. The molecular weight excluding hydrogens is 501 g/mol. The van der Waals surface area contributed by atoms with Crippen LogP contribution in [-0.2, 0) is 13.2 Å². The van der Waals surface area contributed by atoms with Gasteiger partial charge in [0.1, 0.15) is 12.4 Å². The molecule has 3 aromatic rings. The van der Waals surface area contributed by atoms with Gasteiger partial charge in [-0.15, -0.1) is 4.37 Å². The highest BCUT2D eigenvalue weighted by Crippen LogP contribution is 2.39. The Hall–Kier alpha value is -3.52. The van der Waals surface area contributed by atoms with Crippen LogP contribution in [0.5, 0.6) is 11.6 Å². The van der Waals surface area contributed by atoms with Gasteiger partial charge in [-0.25, -0.2) is 27.7 Å². The molecule has 0 unspecified atom stereocenters. The maximum absolute atomic E-state index is 14.0. The number of carbonyl (C=O) groups is 2. The van der Waals surface area contributed by atoms with Crippen molar-refractivity contribution in [3.8, 4) is 11.6 Å². The van der Waals surface area contributed by atoms with E-state index in [2.05, 4.69) is 20.0 Å². The first-order chi connectivity index (χ1) is 16.3. The predicted octanol–water partition coefficient (Wildman–Crippen LogP) is 4.05. The quantitative estimate of drug-likeness (QED) is 0.211. The number of benzene rings is 1. The molecule has 34 heavy (non-hydrogen) atoms. The van der Waals surface area contributed by atoms with Crippen molar-refractivity contribution in [3.05, 3.63) is 52.8 Å². The van der Waals surface area contributed by atoms with Crippen molar-refractivity contribution in [2.45, 2.75) is 26.0 Å². The first-order valence-electron chi connectivity index (χ1n) is 9.68. The van der Waals surface area contributed by atoms with Gasteiger partial charge in [0.05, 0.1) is 16.9 Å². The number of anilines is 1. The second-order valence-electron chi connectivity index (χ2n) is 6.69. The van der Waals surface area contributed by atoms with E-state index >= 15 is 0 Å². The minimum absolute atomic E-state index is 0.0482. The molecular formula is C19H18ClF3N6O4S. The van der Waals surface area contributed by atoms with Gasteiger partial charge >= 0.3 is 12.1 Å². The van der Waals surface area contributed by atoms with Crippen molar-refractivity contribution in [1.82, 2.24) is 19.2 Å². The molecule has 4 N–H and O–H groups in total. The van der Waals surface area contributed by atoms with Crippen LogP contribution in [0.15, 0.2) is 24.8 Å². The molecule has 2 aromatic heterocycles. The molecule has 0 atom stereocenters. The summed E-state index contributed by atoms with van der Waals surface area (Å²) in [7, 11) is 0. The van der Waals surface area contributed by atoms with Crippen molar-refractivity contribution in [3.63, 3.8) is 0 Å². The van der Waals surface area contributed by atoms with E-state index in [1.807, 2.05) is 10.8 Å². The molecule has 182 valence electrons. The summed E-state index contributed by atoms with van der Waals surface area (Å²) in [4.78, 5) is 27.4. The topological polar surface area (TPSA) is 133 Å². The van der Waals surface area contributed by atoms with Gasteiger partial charge in [-0.3, -0.25) is 5.32 Å². The molecule has 0 aliphatic rings. The molecule has 1 aromatic carbocycles. The van der Waals surface area contributed by atoms with E-state index in [4.69, 9.17) is 26.8 Å². The Morgan fingerprint density at radius 2 is 2.03 bits per heavy atom. The molecule has 0 aliphatic carbocycles. The maximum atomic E-state index is 14.0. The number of hydrogen-bond donors (Lipinski definition) is 3. The van der Waals surface area contributed by atoms with Crippen LogP contribution in [0.3, 0.4) is 0 Å². The third-order valence-corrected chi connectivity index (χ3v) is 5.30. The third kappa shape index (κ3) is 6.51. The van der Waals surface area contributed by atoms with Crippen LogP contribution in [0.1, 0.15) is 18.4 Å². The van der Waals surface area contributed by atoms with Crippen molar-refractivity contribution in [1.29, 1.82) is 0 Å². The molecule has 3 amide bonds. The molecule has 0 bridgehead atoms. The highest BCUT2D eigenvalue weighted by atomic mass is 35.5. The zero-order valence-corrected chi connectivity index (χ0v) is 18.9. The van der Waals surface area contributed by atoms with E-state index in [0.717, 1.165) is 13.0 Å². The molecule has 0 saturated heterocycles. The number of aryl methyl sites for hydroxylation is 1. The highest BCUT2D eigenvalue weighted by molar-refractivity contribution is 7.11. The Morgan fingerprint density at radius 3 is 2.74 bits per heavy atom. The maximum Gasteiger partial charge on any atom is 0.410 e. The van der Waals surface area contributed by atoms with Crippen molar-refractivity contribution < 1.29 is 32.2 Å². The Kier molecular flexibility index (Phi) is 8.54. The number of urea groups is 1. The van der Waals surface area contributed by atoms with E-state index in [0.29, 0.717) is 30.6 Å². The van der Waals surface area contributed by atoms with E-state index in [1.54, 1.807) is 12.5 Å². The first kappa shape index (κ1) is 25.1. The van der Waals surface area contributed by atoms with Crippen molar-refractivity contribution in [2.24, 2.45) is 5.73 Å². The number of primary amides is 1. The average Bonchev–Trinajstić information content (AvgIpc) is 3.42. The summed E-state index contributed by atoms with van der Waals surface area (Å²) in [6.07, 6.45) is 5.42. The number of nitrogens with two attached hydrogens (primary N) is 1. The second kappa shape index (κ2) is 11.6. The summed E-state index contributed by atoms with van der Waals surface area (Å²) in [6.45, 7) is 0.288. The number of halogens is 4. The van der Waals surface area contributed by atoms with Crippen LogP contribution in [-0.4, -0.2) is 32.6 Å². The summed E-state index contributed by atoms with van der Waals surface area (Å²) in [5.74, 6) is -4.90. The Morgan fingerprint density at radius 1 is 1.24 bits per heavy atom. The number of amides is 3. The number of aromatic nitrogens is 3. The lowest BCUT2D eigenvalue weighted by atomic mass is 10.2. The van der Waals surface area contributed by atoms with Gasteiger partial charge in [0.15, 0.2) is 16.6 Å². The Bertz CT molecular complexity index is 1160. The van der Waals surface area contributed by atoms with E-state index in [1.165, 1.54) is 0 Å². The molecule has 2 heterocycles. The van der Waals surface area contributed by atoms with Gasteiger partial charge < -0.3 is 25.1 Å². The third-order valence-electron chi connectivity index (χ3n) is 4.30. The molecule has 10 nitrogen and oxygen atoms in total. The smallest absolute Gasteiger partial charge is 0.410 e. The van der Waals surface area contributed by atoms with Crippen LogP contribution in [0.25, 0.3) is 0 Å². The van der Waals surface area contributed by atoms with Crippen LogP contribution < -0.4 is 25.8 Å². The molecule has 0 aliphatic heterocycles. The SMILES string of the molecule is NC(=O)Oc1c(OCc2c(F)cc(Cl)c(F)c2F)nsc1NC(=O)NCCCCn1ccnc1. The average molecular weight is 519 g/mol. The van der Waals surface area contributed by atoms with Crippen molar-refractivity contribution >= 4 is 40.3 Å². The molecule has 0 saturated carbocycles. The minimum atomic E-state index is -1.54. The zero-order chi connectivity index (χ0) is 24.7. The minimum Gasteiger partial charge on any atom is -0.469 e. The fourth-order valence-corrected chi connectivity index (χ4v) is 3.53. The number of hydrogen-bond acceptors (Lipinski definition) is 7. The molecule has 0 fully saturated rings. The van der Waals surface area contributed by atoms with Gasteiger partial charge in [0.25, 0.3) is 5.88 Å². The summed E-state index contributed by atoms with van der Waals surface area (Å²) >= 11 is 6.06. The van der Waals surface area contributed by atoms with Gasteiger partial charge in [-0.05, 0) is 30.4 Å².